The molecule has 1 aromatic heterocycles. The minimum Gasteiger partial charge on any atom is -0.370 e. The topological polar surface area (TPSA) is 82.6 Å². The molecule has 1 N–H and O–H groups in total. The van der Waals surface area contributed by atoms with Gasteiger partial charge in [-0.15, -0.1) is 0 Å². The Kier molecular flexibility index (Phi) is 6.70. The van der Waals surface area contributed by atoms with Crippen LogP contribution in [0.2, 0.25) is 0 Å². The Hall–Kier alpha value is -1.67. The number of nitrogens with zero attached hydrogens (tertiary/aromatic N) is 3. The summed E-state index contributed by atoms with van der Waals surface area (Å²) in [5.74, 6) is 2.08. The third-order valence-electron chi connectivity index (χ3n) is 5.48. The predicted molar refractivity (Wildman–Crippen MR) is 107 cm³/mol. The van der Waals surface area contributed by atoms with E-state index in [2.05, 4.69) is 22.1 Å². The first kappa shape index (κ1) is 20.1. The lowest BCUT2D eigenvalue weighted by Gasteiger charge is -2.30. The number of hydrogen-bond donors (Lipinski definition) is 1. The van der Waals surface area contributed by atoms with Crippen molar-refractivity contribution in [3.8, 4) is 0 Å². The molecule has 3 rings (SSSR count). The van der Waals surface area contributed by atoms with Gasteiger partial charge in [0.05, 0.1) is 17.1 Å². The zero-order valence-electron chi connectivity index (χ0n) is 16.1. The molecule has 0 radical (unpaired) electrons. The van der Waals surface area contributed by atoms with E-state index in [1.54, 1.807) is 6.20 Å². The van der Waals surface area contributed by atoms with E-state index in [4.69, 9.17) is 0 Å². The summed E-state index contributed by atoms with van der Waals surface area (Å²) < 4.78 is 22.9. The number of carbonyl (C=O) groups is 1. The smallest absolute Gasteiger partial charge is 0.255 e. The molecule has 1 aromatic rings. The number of rotatable bonds is 6. The molecule has 27 heavy (non-hydrogen) atoms. The second-order valence-corrected chi connectivity index (χ2v) is 9.98. The van der Waals surface area contributed by atoms with Crippen molar-refractivity contribution in [2.24, 2.45) is 5.92 Å². The number of anilines is 1. The minimum atomic E-state index is -2.81. The second kappa shape index (κ2) is 9.01. The average molecular weight is 395 g/mol. The average Bonchev–Trinajstić information content (AvgIpc) is 2.67. The molecule has 0 saturated carbocycles. The van der Waals surface area contributed by atoms with Gasteiger partial charge in [0, 0.05) is 38.9 Å². The molecule has 0 aromatic carbocycles. The fourth-order valence-corrected chi connectivity index (χ4v) is 4.79. The highest BCUT2D eigenvalue weighted by Crippen LogP contribution is 2.18. The number of carbonyl (C=O) groups excluding carboxylic acids is 1. The van der Waals surface area contributed by atoms with Gasteiger partial charge in [-0.1, -0.05) is 6.92 Å². The molecule has 8 heteroatoms. The molecule has 2 aliphatic rings. The molecule has 0 unspecified atom stereocenters. The van der Waals surface area contributed by atoms with Crippen molar-refractivity contribution in [3.63, 3.8) is 0 Å². The van der Waals surface area contributed by atoms with Crippen LogP contribution < -0.4 is 5.32 Å². The lowest BCUT2D eigenvalue weighted by atomic mass is 9.99. The first-order chi connectivity index (χ1) is 12.9. The number of piperidine rings is 1. The Balaban J connectivity index is 1.38. The van der Waals surface area contributed by atoms with Crippen LogP contribution in [0.1, 0.15) is 36.5 Å². The zero-order chi connectivity index (χ0) is 19.3. The van der Waals surface area contributed by atoms with Crippen molar-refractivity contribution >= 4 is 21.6 Å². The molecular weight excluding hydrogens is 364 g/mol. The Morgan fingerprint density at radius 1 is 1.19 bits per heavy atom. The lowest BCUT2D eigenvalue weighted by Crippen LogP contribution is -2.41. The van der Waals surface area contributed by atoms with Gasteiger partial charge in [0.2, 0.25) is 0 Å². The van der Waals surface area contributed by atoms with Crippen molar-refractivity contribution < 1.29 is 13.2 Å². The summed E-state index contributed by atoms with van der Waals surface area (Å²) in [5.41, 5.74) is 0.643. The van der Waals surface area contributed by atoms with Crippen molar-refractivity contribution in [2.75, 3.05) is 56.1 Å². The predicted octanol–water partition coefficient (Wildman–Crippen LogP) is 1.49. The summed E-state index contributed by atoms with van der Waals surface area (Å²) in [6.07, 6.45) is 4.72. The number of amides is 1. The van der Waals surface area contributed by atoms with Gasteiger partial charge in [-0.25, -0.2) is 13.4 Å². The van der Waals surface area contributed by atoms with E-state index in [1.807, 2.05) is 17.0 Å². The first-order valence-electron chi connectivity index (χ1n) is 9.85. The molecule has 0 atom stereocenters. The zero-order valence-corrected chi connectivity index (χ0v) is 16.9. The van der Waals surface area contributed by atoms with E-state index < -0.39 is 9.84 Å². The number of likely N-dealkylation sites (tertiary alicyclic amines) is 1. The molecule has 2 saturated heterocycles. The van der Waals surface area contributed by atoms with Crippen LogP contribution >= 0.6 is 0 Å². The van der Waals surface area contributed by atoms with Crippen molar-refractivity contribution in [3.05, 3.63) is 23.9 Å². The van der Waals surface area contributed by atoms with Crippen LogP contribution in [0.15, 0.2) is 18.3 Å². The Morgan fingerprint density at radius 2 is 1.89 bits per heavy atom. The van der Waals surface area contributed by atoms with Gasteiger partial charge in [-0.2, -0.15) is 0 Å². The molecule has 0 spiro atoms. The third kappa shape index (κ3) is 5.90. The highest BCUT2D eigenvalue weighted by atomic mass is 32.2. The first-order valence-corrected chi connectivity index (χ1v) is 11.7. The third-order valence-corrected chi connectivity index (χ3v) is 7.08. The van der Waals surface area contributed by atoms with Crippen LogP contribution in [0.5, 0.6) is 0 Å². The van der Waals surface area contributed by atoms with Gasteiger partial charge < -0.3 is 15.1 Å². The van der Waals surface area contributed by atoms with E-state index >= 15 is 0 Å². The highest BCUT2D eigenvalue weighted by molar-refractivity contribution is 7.91. The molecule has 0 aliphatic carbocycles. The number of nitrogens with one attached hydrogen (secondary N) is 1. The standard InChI is InChI=1S/C19H30N4O3S/c1-16-5-9-23(10-6-16)19(24)17-3-4-18(21-15-17)20-7-2-8-22-11-13-27(25,26)14-12-22/h3-4,15-16H,2,5-14H2,1H3,(H,20,21). The Morgan fingerprint density at radius 3 is 2.52 bits per heavy atom. The number of hydrogen-bond acceptors (Lipinski definition) is 6. The second-order valence-electron chi connectivity index (χ2n) is 7.68. The summed E-state index contributed by atoms with van der Waals surface area (Å²) in [5, 5.41) is 3.27. The van der Waals surface area contributed by atoms with Gasteiger partial charge in [-0.05, 0) is 43.9 Å². The largest absolute Gasteiger partial charge is 0.370 e. The summed E-state index contributed by atoms with van der Waals surface area (Å²) in [7, 11) is -2.81. The van der Waals surface area contributed by atoms with Crippen LogP contribution in [0.4, 0.5) is 5.82 Å². The summed E-state index contributed by atoms with van der Waals surface area (Å²) in [4.78, 5) is 21.0. The van der Waals surface area contributed by atoms with Crippen LogP contribution in [0.25, 0.3) is 0 Å². The lowest BCUT2D eigenvalue weighted by molar-refractivity contribution is 0.0697. The molecule has 0 bridgehead atoms. The number of aromatic nitrogens is 1. The minimum absolute atomic E-state index is 0.0704. The van der Waals surface area contributed by atoms with E-state index in [1.165, 1.54) is 0 Å². The highest BCUT2D eigenvalue weighted by Gasteiger charge is 2.22. The summed E-state index contributed by atoms with van der Waals surface area (Å²) in [6.45, 7) is 6.81. The normalized spacial score (nSPS) is 21.1. The van der Waals surface area contributed by atoms with Crippen molar-refractivity contribution in [1.29, 1.82) is 0 Å². The quantitative estimate of drug-likeness (QED) is 0.736. The number of pyridine rings is 1. The van der Waals surface area contributed by atoms with Crippen molar-refractivity contribution in [2.45, 2.75) is 26.2 Å². The van der Waals surface area contributed by atoms with Gasteiger partial charge in [0.25, 0.3) is 5.91 Å². The van der Waals surface area contributed by atoms with Gasteiger partial charge >= 0.3 is 0 Å². The SMILES string of the molecule is CC1CCN(C(=O)c2ccc(NCCCN3CCS(=O)(=O)CC3)nc2)CC1. The Labute approximate surface area is 162 Å². The number of sulfone groups is 1. The fraction of sp³-hybridized carbons (Fsp3) is 0.684. The van der Waals surface area contributed by atoms with Crippen molar-refractivity contribution in [1.82, 2.24) is 14.8 Å². The molecule has 2 fully saturated rings. The van der Waals surface area contributed by atoms with Crippen LogP contribution in [-0.2, 0) is 9.84 Å². The van der Waals surface area contributed by atoms with E-state index in [0.29, 0.717) is 24.6 Å². The summed E-state index contributed by atoms with van der Waals surface area (Å²) >= 11 is 0. The Bertz CT molecular complexity index is 714. The van der Waals surface area contributed by atoms with Gasteiger partial charge in [0.15, 0.2) is 9.84 Å². The molecular formula is C19H30N4O3S. The van der Waals surface area contributed by atoms with E-state index in [-0.39, 0.29) is 17.4 Å². The molecule has 150 valence electrons. The molecule has 7 nitrogen and oxygen atoms in total. The maximum atomic E-state index is 12.5. The van der Waals surface area contributed by atoms with E-state index in [9.17, 15) is 13.2 Å². The maximum Gasteiger partial charge on any atom is 0.255 e. The molecule has 3 heterocycles. The van der Waals surface area contributed by atoms with E-state index in [0.717, 1.165) is 51.3 Å². The van der Waals surface area contributed by atoms with Crippen LogP contribution in [0, 0.1) is 5.92 Å². The molecule has 1 amide bonds. The molecule has 2 aliphatic heterocycles. The maximum absolute atomic E-state index is 12.5. The van der Waals surface area contributed by atoms with Gasteiger partial charge in [0.1, 0.15) is 5.82 Å². The van der Waals surface area contributed by atoms with Crippen LogP contribution in [0.3, 0.4) is 0 Å². The monoisotopic (exact) mass is 394 g/mol. The fourth-order valence-electron chi connectivity index (χ4n) is 3.51. The van der Waals surface area contributed by atoms with Crippen LogP contribution in [-0.4, -0.2) is 79.9 Å². The summed E-state index contributed by atoms with van der Waals surface area (Å²) in [6, 6.07) is 3.69. The van der Waals surface area contributed by atoms with Gasteiger partial charge in [-0.3, -0.25) is 4.79 Å².